The topological polar surface area (TPSA) is 65.5 Å². The molecule has 2 aromatic heterocycles. The van der Waals surface area contributed by atoms with Crippen LogP contribution in [0.3, 0.4) is 0 Å². The molecule has 0 spiro atoms. The third kappa shape index (κ3) is 3.09. The zero-order valence-corrected chi connectivity index (χ0v) is 12.7. The molecule has 3 aromatic rings. The maximum atomic E-state index is 13.6. The molecule has 0 amide bonds. The van der Waals surface area contributed by atoms with E-state index in [-0.39, 0.29) is 12.2 Å². The molecule has 0 aliphatic heterocycles. The largest absolute Gasteiger partial charge is 0.461 e. The van der Waals surface area contributed by atoms with E-state index in [1.165, 1.54) is 18.4 Å². The summed E-state index contributed by atoms with van der Waals surface area (Å²) in [4.78, 5) is 11.8. The lowest BCUT2D eigenvalue weighted by Gasteiger charge is -2.03. The molecule has 0 aliphatic carbocycles. The van der Waals surface area contributed by atoms with Crippen molar-refractivity contribution in [2.75, 3.05) is 0 Å². The van der Waals surface area contributed by atoms with Crippen LogP contribution in [0, 0.1) is 5.82 Å². The molecule has 0 saturated carbocycles. The van der Waals surface area contributed by atoms with Gasteiger partial charge < -0.3 is 13.7 Å². The Bertz CT molecular complexity index is 798. The highest BCUT2D eigenvalue weighted by molar-refractivity contribution is 9.10. The number of nitrogens with zero attached hydrogens (tertiary/aromatic N) is 1. The molecule has 22 heavy (non-hydrogen) atoms. The van der Waals surface area contributed by atoms with Crippen molar-refractivity contribution in [1.82, 2.24) is 5.16 Å². The van der Waals surface area contributed by atoms with Gasteiger partial charge >= 0.3 is 5.97 Å². The smallest absolute Gasteiger partial charge is 0.341 e. The lowest BCUT2D eigenvalue weighted by atomic mass is 10.2. The predicted octanol–water partition coefficient (Wildman–Crippen LogP) is 4.19. The van der Waals surface area contributed by atoms with Crippen LogP contribution in [0.25, 0.3) is 11.5 Å². The molecule has 5 nitrogen and oxygen atoms in total. The van der Waals surface area contributed by atoms with Crippen molar-refractivity contribution >= 4 is 21.9 Å². The zero-order valence-electron chi connectivity index (χ0n) is 11.1. The van der Waals surface area contributed by atoms with Crippen molar-refractivity contribution in [3.8, 4) is 11.5 Å². The van der Waals surface area contributed by atoms with Crippen molar-refractivity contribution < 1.29 is 22.9 Å². The van der Waals surface area contributed by atoms with Gasteiger partial charge in [0.25, 0.3) is 0 Å². The van der Waals surface area contributed by atoms with E-state index in [4.69, 9.17) is 13.7 Å². The monoisotopic (exact) mass is 365 g/mol. The Balaban J connectivity index is 1.66. The summed E-state index contributed by atoms with van der Waals surface area (Å²) in [5.74, 6) is -0.488. The van der Waals surface area contributed by atoms with E-state index in [1.807, 2.05) is 0 Å². The van der Waals surface area contributed by atoms with E-state index in [0.29, 0.717) is 21.7 Å². The first kappa shape index (κ1) is 14.5. The van der Waals surface area contributed by atoms with Gasteiger partial charge in [-0.25, -0.2) is 9.18 Å². The molecule has 0 radical (unpaired) electrons. The molecule has 0 bridgehead atoms. The fourth-order valence-corrected chi connectivity index (χ4v) is 2.12. The van der Waals surface area contributed by atoms with Crippen LogP contribution in [0.15, 0.2) is 56.1 Å². The van der Waals surface area contributed by atoms with Gasteiger partial charge in [-0.05, 0) is 30.3 Å². The van der Waals surface area contributed by atoms with Gasteiger partial charge in [0.15, 0.2) is 5.76 Å². The van der Waals surface area contributed by atoms with Gasteiger partial charge in [0.05, 0.1) is 11.8 Å². The minimum absolute atomic E-state index is 0.126. The minimum atomic E-state index is -0.771. The lowest BCUT2D eigenvalue weighted by Crippen LogP contribution is -2.07. The van der Waals surface area contributed by atoms with E-state index in [9.17, 15) is 9.18 Å². The summed E-state index contributed by atoms with van der Waals surface area (Å²) in [7, 11) is 0. The van der Waals surface area contributed by atoms with Crippen molar-refractivity contribution in [3.63, 3.8) is 0 Å². The van der Waals surface area contributed by atoms with Gasteiger partial charge in [0, 0.05) is 10.5 Å². The molecule has 7 heteroatoms. The molecule has 0 fully saturated rings. The maximum Gasteiger partial charge on any atom is 0.341 e. The SMILES string of the molecule is O=C(OCc1cc(-c2ccco2)on1)c1ccc(Br)cc1F. The van der Waals surface area contributed by atoms with Crippen molar-refractivity contribution in [2.45, 2.75) is 6.61 Å². The second-order valence-corrected chi connectivity index (χ2v) is 5.28. The first-order chi connectivity index (χ1) is 10.6. The van der Waals surface area contributed by atoms with Crippen LogP contribution in [-0.4, -0.2) is 11.1 Å². The Morgan fingerprint density at radius 2 is 2.14 bits per heavy atom. The highest BCUT2D eigenvalue weighted by atomic mass is 79.9. The summed E-state index contributed by atoms with van der Waals surface area (Å²) in [5.41, 5.74) is 0.259. The fraction of sp³-hybridized carbons (Fsp3) is 0.0667. The Morgan fingerprint density at radius 3 is 2.86 bits per heavy atom. The molecule has 0 aliphatic rings. The third-order valence-corrected chi connectivity index (χ3v) is 3.32. The first-order valence-corrected chi connectivity index (χ1v) is 7.04. The van der Waals surface area contributed by atoms with Crippen molar-refractivity contribution in [3.05, 3.63) is 64.2 Å². The molecule has 0 atom stereocenters. The Labute approximate surface area is 132 Å². The van der Waals surface area contributed by atoms with Crippen LogP contribution in [0.5, 0.6) is 0 Å². The summed E-state index contributed by atoms with van der Waals surface area (Å²) in [6.45, 7) is -0.126. The van der Waals surface area contributed by atoms with Gasteiger partial charge in [-0.1, -0.05) is 21.1 Å². The summed E-state index contributed by atoms with van der Waals surface area (Å²) < 4.78 is 29.4. The third-order valence-electron chi connectivity index (χ3n) is 2.83. The molecular weight excluding hydrogens is 357 g/mol. The number of carbonyl (C=O) groups is 1. The second kappa shape index (κ2) is 6.15. The van der Waals surface area contributed by atoms with Crippen LogP contribution >= 0.6 is 15.9 Å². The predicted molar refractivity (Wildman–Crippen MR) is 77.4 cm³/mol. The van der Waals surface area contributed by atoms with Crippen LogP contribution in [0.2, 0.25) is 0 Å². The molecule has 0 N–H and O–H groups in total. The Morgan fingerprint density at radius 1 is 1.27 bits per heavy atom. The summed E-state index contributed by atoms with van der Waals surface area (Å²) in [6, 6.07) is 9.12. The number of carbonyl (C=O) groups excluding carboxylic acids is 1. The van der Waals surface area contributed by atoms with E-state index < -0.39 is 11.8 Å². The Kier molecular flexibility index (Phi) is 4.06. The minimum Gasteiger partial charge on any atom is -0.461 e. The van der Waals surface area contributed by atoms with E-state index in [0.717, 1.165) is 0 Å². The number of furan rings is 1. The van der Waals surface area contributed by atoms with Crippen LogP contribution in [0.4, 0.5) is 4.39 Å². The molecule has 0 unspecified atom stereocenters. The number of rotatable bonds is 4. The molecule has 112 valence electrons. The van der Waals surface area contributed by atoms with E-state index in [2.05, 4.69) is 21.1 Å². The number of ether oxygens (including phenoxy) is 1. The molecular formula is C15H9BrFNO4. The summed E-state index contributed by atoms with van der Waals surface area (Å²) in [5, 5.41) is 3.76. The maximum absolute atomic E-state index is 13.6. The number of aromatic nitrogens is 1. The first-order valence-electron chi connectivity index (χ1n) is 6.25. The van der Waals surface area contributed by atoms with Crippen LogP contribution in [0.1, 0.15) is 16.1 Å². The van der Waals surface area contributed by atoms with Crippen LogP contribution < -0.4 is 0 Å². The van der Waals surface area contributed by atoms with Gasteiger partial charge in [-0.3, -0.25) is 0 Å². The number of hydrogen-bond acceptors (Lipinski definition) is 5. The highest BCUT2D eigenvalue weighted by Crippen LogP contribution is 2.21. The Hall–Kier alpha value is -2.41. The van der Waals surface area contributed by atoms with E-state index in [1.54, 1.807) is 24.3 Å². The number of halogens is 2. The van der Waals surface area contributed by atoms with Crippen molar-refractivity contribution in [1.29, 1.82) is 0 Å². The second-order valence-electron chi connectivity index (χ2n) is 4.36. The van der Waals surface area contributed by atoms with Gasteiger partial charge in [-0.15, -0.1) is 0 Å². The summed E-state index contributed by atoms with van der Waals surface area (Å²) in [6.07, 6.45) is 1.51. The van der Waals surface area contributed by atoms with Gasteiger partial charge in [-0.2, -0.15) is 0 Å². The fourth-order valence-electron chi connectivity index (χ4n) is 1.79. The molecule has 3 rings (SSSR count). The standard InChI is InChI=1S/C15H9BrFNO4/c16-9-3-4-11(12(17)6-9)15(19)21-8-10-7-14(22-18-10)13-2-1-5-20-13/h1-7H,8H2. The molecule has 0 saturated heterocycles. The van der Waals surface area contributed by atoms with E-state index >= 15 is 0 Å². The number of benzene rings is 1. The van der Waals surface area contributed by atoms with Crippen LogP contribution in [-0.2, 0) is 11.3 Å². The lowest BCUT2D eigenvalue weighted by molar-refractivity contribution is 0.0459. The zero-order chi connectivity index (χ0) is 15.5. The molecule has 2 heterocycles. The number of esters is 1. The average Bonchev–Trinajstić information content (AvgIpc) is 3.16. The number of hydrogen-bond donors (Lipinski definition) is 0. The highest BCUT2D eigenvalue weighted by Gasteiger charge is 2.15. The average molecular weight is 366 g/mol. The quantitative estimate of drug-likeness (QED) is 0.648. The van der Waals surface area contributed by atoms with Gasteiger partial charge in [0.2, 0.25) is 5.76 Å². The van der Waals surface area contributed by atoms with Gasteiger partial charge in [0.1, 0.15) is 18.1 Å². The van der Waals surface area contributed by atoms with Crippen molar-refractivity contribution in [2.24, 2.45) is 0 Å². The summed E-state index contributed by atoms with van der Waals surface area (Å²) >= 11 is 3.12. The molecule has 1 aromatic carbocycles. The normalized spacial score (nSPS) is 10.6.